The normalized spacial score (nSPS) is 12.8. The number of nitrogens with zero attached hydrogens (tertiary/aromatic N) is 3. The molecule has 1 aliphatic heterocycles. The molecule has 3 nitrogen and oxygen atoms in total. The van der Waals surface area contributed by atoms with E-state index in [1.807, 2.05) is 0 Å². The molecule has 0 aliphatic carbocycles. The van der Waals surface area contributed by atoms with Gasteiger partial charge in [0.25, 0.3) is 0 Å². The molecule has 4 heteroatoms. The number of hydrogen-bond acceptors (Lipinski definition) is 2. The third-order valence-corrected chi connectivity index (χ3v) is 15.3. The summed E-state index contributed by atoms with van der Waals surface area (Å²) >= 11 is 0. The maximum absolute atomic E-state index is 5.51. The van der Waals surface area contributed by atoms with Crippen LogP contribution in [-0.2, 0) is 0 Å². The first-order chi connectivity index (χ1) is 28.5. The minimum Gasteiger partial charge on any atom is -0.309 e. The lowest BCUT2D eigenvalue weighted by Gasteiger charge is -2.19. The van der Waals surface area contributed by atoms with Gasteiger partial charge in [-0.05, 0) is 74.5 Å². The smallest absolute Gasteiger partial charge is 0.159 e. The van der Waals surface area contributed by atoms with E-state index in [1.54, 1.807) is 0 Å². The molecule has 0 bridgehead atoms. The zero-order valence-electron chi connectivity index (χ0n) is 32.4. The van der Waals surface area contributed by atoms with Gasteiger partial charge in [-0.1, -0.05) is 183 Å². The van der Waals surface area contributed by atoms with Gasteiger partial charge in [0.1, 0.15) is 8.07 Å². The van der Waals surface area contributed by atoms with E-state index >= 15 is 0 Å². The van der Waals surface area contributed by atoms with Gasteiger partial charge in [-0.3, -0.25) is 0 Å². The van der Waals surface area contributed by atoms with Crippen molar-refractivity contribution >= 4 is 40.4 Å². The summed E-state index contributed by atoms with van der Waals surface area (Å²) in [5, 5.41) is 5.08. The minimum absolute atomic E-state index is 0.767. The Bertz CT molecular complexity index is 3180. The molecule has 0 atom stereocenters. The maximum Gasteiger partial charge on any atom is 0.159 e. The van der Waals surface area contributed by atoms with Crippen LogP contribution in [0.3, 0.4) is 0 Å². The standard InChI is InChI=1S/C54H39N3Si/c1-58(2)49-29-12-10-25-46(49)51-52(39-32-30-38(31-33-39)36-16-5-3-6-17-36)55-53(56-54(51)58)42-22-13-21-41(34-42)44-26-15-28-48-50(44)45-24-9-11-27-47(45)57(48)43-23-14-20-40(35-43)37-18-7-4-8-19-37/h3-35H,1-2H3. The van der Waals surface area contributed by atoms with Gasteiger partial charge < -0.3 is 4.57 Å². The average Bonchev–Trinajstić information content (AvgIpc) is 3.75. The van der Waals surface area contributed by atoms with Crippen molar-refractivity contribution in [1.29, 1.82) is 0 Å². The van der Waals surface area contributed by atoms with Crippen LogP contribution in [0.2, 0.25) is 13.1 Å². The summed E-state index contributed by atoms with van der Waals surface area (Å²) in [5.41, 5.74) is 16.2. The number of hydrogen-bond donors (Lipinski definition) is 0. The predicted octanol–water partition coefficient (Wildman–Crippen LogP) is 12.7. The van der Waals surface area contributed by atoms with E-state index in [-0.39, 0.29) is 0 Å². The highest BCUT2D eigenvalue weighted by Crippen LogP contribution is 2.41. The summed E-state index contributed by atoms with van der Waals surface area (Å²) in [6, 6.07) is 72.2. The van der Waals surface area contributed by atoms with Gasteiger partial charge in [-0.15, -0.1) is 0 Å². The van der Waals surface area contributed by atoms with Gasteiger partial charge in [0.15, 0.2) is 5.82 Å². The topological polar surface area (TPSA) is 30.7 Å². The lowest BCUT2D eigenvalue weighted by Crippen LogP contribution is -2.50. The van der Waals surface area contributed by atoms with E-state index in [0.29, 0.717) is 0 Å². The Balaban J connectivity index is 1.07. The molecule has 0 radical (unpaired) electrons. The second-order valence-corrected chi connectivity index (χ2v) is 20.0. The third-order valence-electron chi connectivity index (χ3n) is 12.0. The molecule has 0 amide bonds. The Morgan fingerprint density at radius 2 is 0.983 bits per heavy atom. The first-order valence-electron chi connectivity index (χ1n) is 20.0. The summed E-state index contributed by atoms with van der Waals surface area (Å²) in [6.45, 7) is 4.86. The molecule has 8 aromatic carbocycles. The van der Waals surface area contributed by atoms with Crippen LogP contribution in [0.4, 0.5) is 0 Å². The van der Waals surface area contributed by atoms with Crippen molar-refractivity contribution in [2.75, 3.05) is 0 Å². The Labute approximate surface area is 339 Å². The summed E-state index contributed by atoms with van der Waals surface area (Å²) < 4.78 is 2.41. The first kappa shape index (κ1) is 34.1. The molecular formula is C54H39N3Si. The lowest BCUT2D eigenvalue weighted by molar-refractivity contribution is 1.18. The highest BCUT2D eigenvalue weighted by Gasteiger charge is 2.41. The van der Waals surface area contributed by atoms with E-state index in [9.17, 15) is 0 Å². The van der Waals surface area contributed by atoms with E-state index in [1.165, 1.54) is 71.3 Å². The van der Waals surface area contributed by atoms with Crippen LogP contribution < -0.4 is 10.5 Å². The molecule has 3 heterocycles. The largest absolute Gasteiger partial charge is 0.309 e. The Hall–Kier alpha value is -7.14. The van der Waals surface area contributed by atoms with Gasteiger partial charge in [-0.25, -0.2) is 9.97 Å². The van der Waals surface area contributed by atoms with Crippen LogP contribution in [0.15, 0.2) is 200 Å². The predicted molar refractivity (Wildman–Crippen MR) is 246 cm³/mol. The summed E-state index contributed by atoms with van der Waals surface area (Å²) in [5.74, 6) is 0.767. The second kappa shape index (κ2) is 13.5. The fraction of sp³-hybridized carbons (Fsp3) is 0.0370. The highest BCUT2D eigenvalue weighted by molar-refractivity contribution is 7.03. The number of para-hydroxylation sites is 1. The van der Waals surface area contributed by atoms with Crippen LogP contribution in [0, 0.1) is 0 Å². The van der Waals surface area contributed by atoms with Crippen LogP contribution in [0.1, 0.15) is 0 Å². The zero-order chi connectivity index (χ0) is 38.8. The molecule has 0 unspecified atom stereocenters. The minimum atomic E-state index is -2.13. The van der Waals surface area contributed by atoms with Gasteiger partial charge in [0.05, 0.1) is 16.7 Å². The van der Waals surface area contributed by atoms with Gasteiger partial charge >= 0.3 is 0 Å². The van der Waals surface area contributed by atoms with E-state index in [0.717, 1.165) is 33.9 Å². The van der Waals surface area contributed by atoms with Crippen molar-refractivity contribution < 1.29 is 0 Å². The van der Waals surface area contributed by atoms with Crippen LogP contribution in [0.25, 0.3) is 94.6 Å². The van der Waals surface area contributed by atoms with Crippen LogP contribution in [0.5, 0.6) is 0 Å². The van der Waals surface area contributed by atoms with Crippen molar-refractivity contribution in [3.63, 3.8) is 0 Å². The molecule has 11 rings (SSSR count). The molecule has 0 fully saturated rings. The molecule has 10 aromatic rings. The third kappa shape index (κ3) is 5.48. The molecule has 274 valence electrons. The number of benzene rings is 8. The first-order valence-corrected chi connectivity index (χ1v) is 23.0. The monoisotopic (exact) mass is 757 g/mol. The highest BCUT2D eigenvalue weighted by atomic mass is 28.3. The fourth-order valence-electron chi connectivity index (χ4n) is 9.15. The van der Waals surface area contributed by atoms with Gasteiger partial charge in [0, 0.05) is 38.5 Å². The molecule has 1 aliphatic rings. The van der Waals surface area contributed by atoms with Gasteiger partial charge in [0.2, 0.25) is 0 Å². The second-order valence-electron chi connectivity index (χ2n) is 15.8. The molecule has 58 heavy (non-hydrogen) atoms. The summed E-state index contributed by atoms with van der Waals surface area (Å²) in [4.78, 5) is 11.0. The molecular weight excluding hydrogens is 719 g/mol. The van der Waals surface area contributed by atoms with Crippen molar-refractivity contribution in [3.8, 4) is 72.8 Å². The zero-order valence-corrected chi connectivity index (χ0v) is 33.4. The Morgan fingerprint density at radius 1 is 0.414 bits per heavy atom. The fourth-order valence-corrected chi connectivity index (χ4v) is 12.1. The van der Waals surface area contributed by atoms with Crippen molar-refractivity contribution in [2.45, 2.75) is 13.1 Å². The number of aromatic nitrogens is 3. The van der Waals surface area contributed by atoms with Crippen LogP contribution in [-0.4, -0.2) is 22.6 Å². The van der Waals surface area contributed by atoms with Crippen LogP contribution >= 0.6 is 0 Å². The van der Waals surface area contributed by atoms with E-state index in [2.05, 4.69) is 218 Å². The van der Waals surface area contributed by atoms with E-state index < -0.39 is 8.07 Å². The number of fused-ring (bicyclic) bond motifs is 6. The quantitative estimate of drug-likeness (QED) is 0.158. The molecule has 0 N–H and O–H groups in total. The molecule has 2 aromatic heterocycles. The number of rotatable bonds is 6. The summed E-state index contributed by atoms with van der Waals surface area (Å²) in [6.07, 6.45) is 0. The van der Waals surface area contributed by atoms with Gasteiger partial charge in [-0.2, -0.15) is 0 Å². The molecule has 0 saturated heterocycles. The lowest BCUT2D eigenvalue weighted by atomic mass is 9.97. The van der Waals surface area contributed by atoms with E-state index in [4.69, 9.17) is 9.97 Å². The maximum atomic E-state index is 5.51. The average molecular weight is 758 g/mol. The van der Waals surface area contributed by atoms with Crippen molar-refractivity contribution in [2.24, 2.45) is 0 Å². The van der Waals surface area contributed by atoms with Crippen molar-refractivity contribution in [3.05, 3.63) is 200 Å². The molecule has 0 spiro atoms. The SMILES string of the molecule is C[Si]1(C)c2ccccc2-c2c(-c3ccc(-c4ccccc4)cc3)nc(-c3cccc(-c4cccc5c4c4ccccc4n5-c4cccc(-c5ccccc5)c4)c3)nc21. The Kier molecular flexibility index (Phi) is 7.95. The Morgan fingerprint density at radius 3 is 1.79 bits per heavy atom. The van der Waals surface area contributed by atoms with Crippen molar-refractivity contribution in [1.82, 2.24) is 14.5 Å². The summed E-state index contributed by atoms with van der Waals surface area (Å²) in [7, 11) is -2.13. The molecule has 0 saturated carbocycles.